The Kier molecular flexibility index (Phi) is 6.66. The van der Waals surface area contributed by atoms with Crippen LogP contribution in [0.1, 0.15) is 12.8 Å². The van der Waals surface area contributed by atoms with Crippen molar-refractivity contribution in [2.24, 2.45) is 0 Å². The summed E-state index contributed by atoms with van der Waals surface area (Å²) in [5.74, 6) is 0.386. The normalized spacial score (nSPS) is 19.8. The van der Waals surface area contributed by atoms with Crippen LogP contribution >= 0.6 is 23.1 Å². The van der Waals surface area contributed by atoms with Gasteiger partial charge in [0.15, 0.2) is 4.34 Å². The molecule has 9 heteroatoms. The van der Waals surface area contributed by atoms with Gasteiger partial charge in [-0.2, -0.15) is 0 Å². The molecular weight excluding hydrogens is 394 g/mol. The molecule has 2 aliphatic rings. The van der Waals surface area contributed by atoms with Crippen molar-refractivity contribution in [3.8, 4) is 0 Å². The van der Waals surface area contributed by atoms with Crippen molar-refractivity contribution in [1.82, 2.24) is 15.5 Å². The number of nitrogens with one attached hydrogen (secondary N) is 1. The predicted molar refractivity (Wildman–Crippen MR) is 113 cm³/mol. The van der Waals surface area contributed by atoms with Gasteiger partial charge in [0, 0.05) is 45.0 Å². The molecule has 1 atom stereocenters. The third kappa shape index (κ3) is 5.15. The van der Waals surface area contributed by atoms with Crippen LogP contribution in [0.25, 0.3) is 0 Å². The molecule has 1 N–H and O–H groups in total. The fourth-order valence-electron chi connectivity index (χ4n) is 3.39. The van der Waals surface area contributed by atoms with Gasteiger partial charge >= 0.3 is 0 Å². The van der Waals surface area contributed by atoms with Gasteiger partial charge in [-0.3, -0.25) is 4.79 Å². The lowest BCUT2D eigenvalue weighted by Crippen LogP contribution is -2.46. The Morgan fingerprint density at radius 3 is 2.71 bits per heavy atom. The number of piperazine rings is 1. The maximum absolute atomic E-state index is 12.0. The van der Waals surface area contributed by atoms with E-state index >= 15 is 0 Å². The minimum Gasteiger partial charge on any atom is -0.376 e. The highest BCUT2D eigenvalue weighted by molar-refractivity contribution is 8.01. The molecule has 3 heterocycles. The van der Waals surface area contributed by atoms with Crippen molar-refractivity contribution in [3.63, 3.8) is 0 Å². The summed E-state index contributed by atoms with van der Waals surface area (Å²) >= 11 is 3.01. The number of benzene rings is 1. The molecule has 1 aromatic carbocycles. The summed E-state index contributed by atoms with van der Waals surface area (Å²) in [6.45, 7) is 5.20. The summed E-state index contributed by atoms with van der Waals surface area (Å²) in [5.41, 5.74) is 1.27. The van der Waals surface area contributed by atoms with Gasteiger partial charge < -0.3 is 19.9 Å². The van der Waals surface area contributed by atoms with E-state index in [1.54, 1.807) is 11.3 Å². The summed E-state index contributed by atoms with van der Waals surface area (Å²) in [6, 6.07) is 10.5. The first-order chi connectivity index (χ1) is 13.8. The zero-order chi connectivity index (χ0) is 19.2. The number of amides is 1. The van der Waals surface area contributed by atoms with E-state index in [0.29, 0.717) is 12.3 Å². The van der Waals surface area contributed by atoms with E-state index in [0.717, 1.165) is 55.1 Å². The number of hydrogen-bond donors (Lipinski definition) is 1. The molecule has 0 unspecified atom stereocenters. The number of para-hydroxylation sites is 1. The molecule has 1 amide bonds. The van der Waals surface area contributed by atoms with Gasteiger partial charge in [-0.05, 0) is 25.0 Å². The van der Waals surface area contributed by atoms with E-state index in [4.69, 9.17) is 4.74 Å². The number of thioether (sulfide) groups is 1. The van der Waals surface area contributed by atoms with Gasteiger partial charge in [0.1, 0.15) is 0 Å². The van der Waals surface area contributed by atoms with Crippen molar-refractivity contribution in [1.29, 1.82) is 0 Å². The third-order valence-electron chi connectivity index (χ3n) is 4.94. The van der Waals surface area contributed by atoms with E-state index in [1.165, 1.54) is 17.4 Å². The molecule has 0 spiro atoms. The molecule has 1 aromatic heterocycles. The fraction of sp³-hybridized carbons (Fsp3) is 0.526. The first kappa shape index (κ1) is 19.5. The van der Waals surface area contributed by atoms with Gasteiger partial charge in [0.25, 0.3) is 0 Å². The second kappa shape index (κ2) is 9.58. The van der Waals surface area contributed by atoms with E-state index in [-0.39, 0.29) is 12.0 Å². The Labute approximate surface area is 173 Å². The lowest BCUT2D eigenvalue weighted by molar-refractivity contribution is -0.119. The highest BCUT2D eigenvalue weighted by atomic mass is 32.2. The van der Waals surface area contributed by atoms with Gasteiger partial charge in [-0.25, -0.2) is 0 Å². The Morgan fingerprint density at radius 1 is 1.18 bits per heavy atom. The van der Waals surface area contributed by atoms with Gasteiger partial charge in [-0.1, -0.05) is 41.3 Å². The van der Waals surface area contributed by atoms with Crippen LogP contribution in [-0.4, -0.2) is 67.3 Å². The lowest BCUT2D eigenvalue weighted by atomic mass is 10.2. The molecule has 2 fully saturated rings. The highest BCUT2D eigenvalue weighted by Gasteiger charge is 2.21. The van der Waals surface area contributed by atoms with Crippen LogP contribution in [0.15, 0.2) is 34.7 Å². The van der Waals surface area contributed by atoms with Gasteiger partial charge in [-0.15, -0.1) is 10.2 Å². The molecule has 2 aliphatic heterocycles. The molecule has 150 valence electrons. The van der Waals surface area contributed by atoms with Gasteiger partial charge in [0.2, 0.25) is 11.0 Å². The lowest BCUT2D eigenvalue weighted by Gasteiger charge is -2.35. The molecule has 4 rings (SSSR count). The first-order valence-corrected chi connectivity index (χ1v) is 11.5. The Hall–Kier alpha value is -1.84. The molecule has 0 bridgehead atoms. The first-order valence-electron chi connectivity index (χ1n) is 9.67. The molecular formula is C19H25N5O2S2. The summed E-state index contributed by atoms with van der Waals surface area (Å²) in [7, 11) is 0. The second-order valence-corrected chi connectivity index (χ2v) is 9.07. The number of rotatable bonds is 7. The average molecular weight is 420 g/mol. The zero-order valence-corrected chi connectivity index (χ0v) is 17.4. The van der Waals surface area contributed by atoms with Crippen molar-refractivity contribution in [3.05, 3.63) is 30.3 Å². The second-order valence-electron chi connectivity index (χ2n) is 6.89. The Bertz CT molecular complexity index is 759. The van der Waals surface area contributed by atoms with Crippen molar-refractivity contribution < 1.29 is 9.53 Å². The molecule has 0 aliphatic carbocycles. The summed E-state index contributed by atoms with van der Waals surface area (Å²) in [5, 5.41) is 12.5. The number of nitrogens with zero attached hydrogens (tertiary/aromatic N) is 4. The van der Waals surface area contributed by atoms with Crippen LogP contribution in [0.5, 0.6) is 0 Å². The van der Waals surface area contributed by atoms with Crippen LogP contribution in [-0.2, 0) is 9.53 Å². The quantitative estimate of drug-likeness (QED) is 0.690. The molecule has 28 heavy (non-hydrogen) atoms. The van der Waals surface area contributed by atoms with Crippen LogP contribution in [0, 0.1) is 0 Å². The summed E-state index contributed by atoms with van der Waals surface area (Å²) in [6.07, 6.45) is 2.30. The van der Waals surface area contributed by atoms with Crippen molar-refractivity contribution in [2.75, 3.05) is 54.9 Å². The smallest absolute Gasteiger partial charge is 0.230 e. The number of aromatic nitrogens is 2. The Morgan fingerprint density at radius 2 is 1.96 bits per heavy atom. The van der Waals surface area contributed by atoms with Crippen LogP contribution in [0.2, 0.25) is 0 Å². The standard InChI is InChI=1S/C19H25N5O2S2/c25-17(20-13-16-7-4-12-26-16)14-27-19-22-21-18(28-19)24-10-8-23(9-11-24)15-5-2-1-3-6-15/h1-3,5-6,16H,4,7-14H2,(H,20,25)/t16-/m0/s1. The molecule has 0 radical (unpaired) electrons. The number of carbonyl (C=O) groups excluding carboxylic acids is 1. The minimum absolute atomic E-state index is 0.0220. The van der Waals surface area contributed by atoms with Crippen LogP contribution in [0.3, 0.4) is 0 Å². The summed E-state index contributed by atoms with van der Waals surface area (Å²) < 4.78 is 6.36. The van der Waals surface area contributed by atoms with E-state index in [1.807, 2.05) is 6.07 Å². The maximum Gasteiger partial charge on any atom is 0.230 e. The highest BCUT2D eigenvalue weighted by Crippen LogP contribution is 2.29. The number of anilines is 2. The van der Waals surface area contributed by atoms with E-state index < -0.39 is 0 Å². The molecule has 2 saturated heterocycles. The van der Waals surface area contributed by atoms with E-state index in [2.05, 4.69) is 49.6 Å². The van der Waals surface area contributed by atoms with Crippen LogP contribution in [0.4, 0.5) is 10.8 Å². The molecule has 2 aromatic rings. The van der Waals surface area contributed by atoms with Gasteiger partial charge in [0.05, 0.1) is 11.9 Å². The average Bonchev–Trinajstić information content (AvgIpc) is 3.44. The molecule has 7 nitrogen and oxygen atoms in total. The number of ether oxygens (including phenoxy) is 1. The third-order valence-corrected chi connectivity index (χ3v) is 7.06. The van der Waals surface area contributed by atoms with Crippen molar-refractivity contribution in [2.45, 2.75) is 23.3 Å². The fourth-order valence-corrected chi connectivity index (χ4v) is 5.12. The van der Waals surface area contributed by atoms with Crippen molar-refractivity contribution >= 4 is 39.8 Å². The molecule has 0 saturated carbocycles. The Balaban J connectivity index is 1.20. The van der Waals surface area contributed by atoms with Crippen LogP contribution < -0.4 is 15.1 Å². The minimum atomic E-state index is 0.0220. The van der Waals surface area contributed by atoms with E-state index in [9.17, 15) is 4.79 Å². The predicted octanol–water partition coefficient (Wildman–Crippen LogP) is 2.25. The summed E-state index contributed by atoms with van der Waals surface area (Å²) in [4.78, 5) is 16.7. The maximum atomic E-state index is 12.0. The number of carbonyl (C=O) groups is 1. The SMILES string of the molecule is O=C(CSc1nnc(N2CCN(c3ccccc3)CC2)s1)NC[C@@H]1CCCO1. The monoisotopic (exact) mass is 419 g/mol. The largest absolute Gasteiger partial charge is 0.376 e. The topological polar surface area (TPSA) is 70.6 Å². The zero-order valence-electron chi connectivity index (χ0n) is 15.7. The number of hydrogen-bond acceptors (Lipinski definition) is 8.